The summed E-state index contributed by atoms with van der Waals surface area (Å²) in [5.74, 6) is 0.715. The molecule has 1 atom stereocenters. The van der Waals surface area contributed by atoms with Crippen LogP contribution in [0, 0.1) is 0 Å². The number of nitrogens with zero attached hydrogens (tertiary/aromatic N) is 1. The summed E-state index contributed by atoms with van der Waals surface area (Å²) in [6, 6.07) is 7.23. The number of ether oxygens (including phenoxy) is 1. The Hall–Kier alpha value is -1.27. The summed E-state index contributed by atoms with van der Waals surface area (Å²) in [5.41, 5.74) is 0.900. The first kappa shape index (κ1) is 17.1. The lowest BCUT2D eigenvalue weighted by Crippen LogP contribution is -2.45. The molecule has 3 nitrogen and oxygen atoms in total. The van der Waals surface area contributed by atoms with Crippen LogP contribution in [0.25, 0.3) is 0 Å². The molecule has 1 N–H and O–H groups in total. The van der Waals surface area contributed by atoms with Crippen molar-refractivity contribution in [3.8, 4) is 5.75 Å². The van der Waals surface area contributed by atoms with Crippen LogP contribution in [-0.4, -0.2) is 43.9 Å². The third-order valence-corrected chi connectivity index (χ3v) is 3.85. The minimum Gasteiger partial charge on any atom is -0.494 e. The van der Waals surface area contributed by atoms with Crippen LogP contribution >= 0.6 is 0 Å². The van der Waals surface area contributed by atoms with E-state index >= 15 is 0 Å². The number of alkyl halides is 3. The second kappa shape index (κ2) is 7.83. The highest BCUT2D eigenvalue weighted by Crippen LogP contribution is 2.33. The van der Waals surface area contributed by atoms with Crippen molar-refractivity contribution < 1.29 is 17.9 Å². The molecule has 1 heterocycles. The van der Waals surface area contributed by atoms with Gasteiger partial charge in [0.05, 0.1) is 6.61 Å². The number of nitrogens with one attached hydrogen (secondary N) is 1. The topological polar surface area (TPSA) is 24.5 Å². The van der Waals surface area contributed by atoms with Gasteiger partial charge in [-0.05, 0) is 31.0 Å². The number of piperazine rings is 1. The first-order valence-electron chi connectivity index (χ1n) is 7.74. The molecule has 0 aromatic heterocycles. The van der Waals surface area contributed by atoms with Crippen molar-refractivity contribution in [3.05, 3.63) is 29.8 Å². The van der Waals surface area contributed by atoms with Crippen molar-refractivity contribution in [2.45, 2.75) is 32.0 Å². The summed E-state index contributed by atoms with van der Waals surface area (Å²) in [6.07, 6.45) is -4.80. The molecular weight excluding hydrogens is 293 g/mol. The molecule has 0 radical (unpaired) electrons. The van der Waals surface area contributed by atoms with Gasteiger partial charge in [-0.25, -0.2) is 0 Å². The van der Waals surface area contributed by atoms with Crippen molar-refractivity contribution in [1.82, 2.24) is 10.2 Å². The van der Waals surface area contributed by atoms with Crippen molar-refractivity contribution in [3.63, 3.8) is 0 Å². The Kier molecular flexibility index (Phi) is 6.08. The quantitative estimate of drug-likeness (QED) is 0.871. The zero-order valence-corrected chi connectivity index (χ0v) is 12.8. The van der Waals surface area contributed by atoms with Gasteiger partial charge in [0.15, 0.2) is 0 Å². The van der Waals surface area contributed by atoms with E-state index in [2.05, 4.69) is 10.2 Å². The Balaban J connectivity index is 2.16. The van der Waals surface area contributed by atoms with Crippen molar-refractivity contribution in [1.29, 1.82) is 0 Å². The number of hydrogen-bond donors (Lipinski definition) is 1. The van der Waals surface area contributed by atoms with Crippen LogP contribution in [0.3, 0.4) is 0 Å². The number of rotatable bonds is 6. The van der Waals surface area contributed by atoms with E-state index in [1.54, 1.807) is 0 Å². The highest BCUT2D eigenvalue weighted by molar-refractivity contribution is 5.30. The molecule has 2 rings (SSSR count). The summed E-state index contributed by atoms with van der Waals surface area (Å²) in [5, 5.41) is 3.24. The molecule has 0 spiro atoms. The number of benzene rings is 1. The predicted octanol–water partition coefficient (Wildman–Crippen LogP) is 3.37. The number of halogens is 3. The second-order valence-electron chi connectivity index (χ2n) is 5.46. The molecule has 1 aliphatic rings. The molecule has 0 saturated carbocycles. The zero-order valence-electron chi connectivity index (χ0n) is 12.8. The molecule has 1 aliphatic heterocycles. The summed E-state index contributed by atoms with van der Waals surface area (Å²) in [4.78, 5) is 2.13. The van der Waals surface area contributed by atoms with Crippen molar-refractivity contribution in [2.75, 3.05) is 32.8 Å². The molecule has 1 aromatic carbocycles. The molecule has 124 valence electrons. The van der Waals surface area contributed by atoms with Gasteiger partial charge in [-0.2, -0.15) is 13.2 Å². The Morgan fingerprint density at radius 3 is 2.64 bits per heavy atom. The van der Waals surface area contributed by atoms with Gasteiger partial charge >= 0.3 is 6.18 Å². The van der Waals surface area contributed by atoms with E-state index in [1.807, 2.05) is 31.2 Å². The lowest BCUT2D eigenvalue weighted by Gasteiger charge is -2.35. The lowest BCUT2D eigenvalue weighted by molar-refractivity contribution is -0.138. The summed E-state index contributed by atoms with van der Waals surface area (Å²) in [7, 11) is 0. The third-order valence-electron chi connectivity index (χ3n) is 3.85. The van der Waals surface area contributed by atoms with Gasteiger partial charge in [0.1, 0.15) is 5.75 Å². The first-order chi connectivity index (χ1) is 10.5. The second-order valence-corrected chi connectivity index (χ2v) is 5.46. The van der Waals surface area contributed by atoms with E-state index in [0.717, 1.165) is 31.7 Å². The fourth-order valence-corrected chi connectivity index (χ4v) is 2.83. The van der Waals surface area contributed by atoms with E-state index in [0.29, 0.717) is 12.4 Å². The Morgan fingerprint density at radius 2 is 2.00 bits per heavy atom. The van der Waals surface area contributed by atoms with Gasteiger partial charge in [-0.1, -0.05) is 12.1 Å². The van der Waals surface area contributed by atoms with E-state index in [9.17, 15) is 13.2 Å². The lowest BCUT2D eigenvalue weighted by atomic mass is 9.99. The molecule has 0 amide bonds. The Bertz CT molecular complexity index is 459. The fraction of sp³-hybridized carbons (Fsp3) is 0.625. The summed E-state index contributed by atoms with van der Waals surface area (Å²) >= 11 is 0. The van der Waals surface area contributed by atoms with Crippen LogP contribution in [0.4, 0.5) is 13.2 Å². The maximum Gasteiger partial charge on any atom is 0.389 e. The predicted molar refractivity (Wildman–Crippen MR) is 80.1 cm³/mol. The van der Waals surface area contributed by atoms with Gasteiger partial charge in [0.2, 0.25) is 0 Å². The molecule has 6 heteroatoms. The van der Waals surface area contributed by atoms with Gasteiger partial charge < -0.3 is 10.1 Å². The monoisotopic (exact) mass is 316 g/mol. The fourth-order valence-electron chi connectivity index (χ4n) is 2.83. The van der Waals surface area contributed by atoms with Gasteiger partial charge in [0.25, 0.3) is 0 Å². The first-order valence-corrected chi connectivity index (χ1v) is 7.74. The van der Waals surface area contributed by atoms with Crippen LogP contribution in [0.2, 0.25) is 0 Å². The Morgan fingerprint density at radius 1 is 1.27 bits per heavy atom. The maximum absolute atomic E-state index is 12.6. The Labute approximate surface area is 129 Å². The normalized spacial score (nSPS) is 18.2. The van der Waals surface area contributed by atoms with Gasteiger partial charge in [-0.15, -0.1) is 0 Å². The van der Waals surface area contributed by atoms with E-state index < -0.39 is 12.6 Å². The minimum absolute atomic E-state index is 0.0824. The zero-order chi connectivity index (χ0) is 16.0. The van der Waals surface area contributed by atoms with Gasteiger partial charge in [-0.3, -0.25) is 4.90 Å². The van der Waals surface area contributed by atoms with E-state index in [4.69, 9.17) is 4.74 Å². The average Bonchev–Trinajstić information content (AvgIpc) is 2.48. The molecule has 0 aliphatic carbocycles. The molecular formula is C16H23F3N2O. The standard InChI is InChI=1S/C16H23F3N2O/c1-2-22-14-5-3-4-13(12-14)15(6-7-16(17,18)19)21-10-8-20-9-11-21/h3-5,12,15,20H,2,6-11H2,1H3/t15-/m0/s1. The highest BCUT2D eigenvalue weighted by Gasteiger charge is 2.31. The average molecular weight is 316 g/mol. The SMILES string of the molecule is CCOc1cccc([C@H](CCC(F)(F)F)N2CCNCC2)c1. The number of hydrogen-bond acceptors (Lipinski definition) is 3. The van der Waals surface area contributed by atoms with Crippen molar-refractivity contribution >= 4 is 0 Å². The van der Waals surface area contributed by atoms with Gasteiger partial charge in [0, 0.05) is 38.6 Å². The largest absolute Gasteiger partial charge is 0.494 e. The highest BCUT2D eigenvalue weighted by atomic mass is 19.4. The van der Waals surface area contributed by atoms with Crippen LogP contribution < -0.4 is 10.1 Å². The molecule has 0 unspecified atom stereocenters. The maximum atomic E-state index is 12.6. The third kappa shape index (κ3) is 5.18. The molecule has 1 aromatic rings. The summed E-state index contributed by atoms with van der Waals surface area (Å²) in [6.45, 7) is 5.60. The van der Waals surface area contributed by atoms with E-state index in [-0.39, 0.29) is 12.5 Å². The van der Waals surface area contributed by atoms with Crippen molar-refractivity contribution in [2.24, 2.45) is 0 Å². The molecule has 1 fully saturated rings. The van der Waals surface area contributed by atoms with Crippen LogP contribution in [0.5, 0.6) is 5.75 Å². The smallest absolute Gasteiger partial charge is 0.389 e. The molecule has 22 heavy (non-hydrogen) atoms. The molecule has 0 bridgehead atoms. The van der Waals surface area contributed by atoms with Crippen LogP contribution in [-0.2, 0) is 0 Å². The summed E-state index contributed by atoms with van der Waals surface area (Å²) < 4.78 is 43.4. The molecule has 1 saturated heterocycles. The van der Waals surface area contributed by atoms with Crippen LogP contribution in [0.15, 0.2) is 24.3 Å². The van der Waals surface area contributed by atoms with E-state index in [1.165, 1.54) is 0 Å². The van der Waals surface area contributed by atoms with Crippen LogP contribution in [0.1, 0.15) is 31.4 Å². The minimum atomic E-state index is -4.12.